The van der Waals surface area contributed by atoms with Gasteiger partial charge >= 0.3 is 0 Å². The Balaban J connectivity index is 1.86. The van der Waals surface area contributed by atoms with Gasteiger partial charge in [0, 0.05) is 16.6 Å². The van der Waals surface area contributed by atoms with Crippen LogP contribution in [0.25, 0.3) is 0 Å². The topological polar surface area (TPSA) is 58.2 Å². The van der Waals surface area contributed by atoms with E-state index in [4.69, 9.17) is 0 Å². The highest BCUT2D eigenvalue weighted by molar-refractivity contribution is 7.99. The fraction of sp³-hybridized carbons (Fsp3) is 0.125. The Bertz CT molecular complexity index is 769. The number of anilines is 1. The molecule has 0 fully saturated rings. The molecule has 9 heteroatoms. The van der Waals surface area contributed by atoms with Gasteiger partial charge in [0.05, 0.1) is 12.1 Å². The molecule has 0 spiro atoms. The van der Waals surface area contributed by atoms with Crippen molar-refractivity contribution in [2.75, 3.05) is 11.9 Å². The molecule has 0 saturated heterocycles. The molecule has 0 radical (unpaired) electrons. The molecule has 0 aromatic heterocycles. The van der Waals surface area contributed by atoms with Gasteiger partial charge in [0.15, 0.2) is 0 Å². The zero-order chi connectivity index (χ0) is 18.4. The summed E-state index contributed by atoms with van der Waals surface area (Å²) in [4.78, 5) is 23.8. The van der Waals surface area contributed by atoms with E-state index < -0.39 is 35.8 Å². The minimum absolute atomic E-state index is 0.341. The predicted octanol–water partition coefficient (Wildman–Crippen LogP) is 3.65. The fourth-order valence-corrected chi connectivity index (χ4v) is 2.35. The van der Waals surface area contributed by atoms with E-state index in [0.717, 1.165) is 12.1 Å². The molecule has 0 heterocycles. The molecule has 2 rings (SSSR count). The molecular weight excluding hydrogens is 360 g/mol. The Hall–Kier alpha value is -2.55. The number of rotatable bonds is 6. The molecule has 2 aromatic rings. The average molecular weight is 372 g/mol. The minimum atomic E-state index is -2.54. The van der Waals surface area contributed by atoms with Crippen LogP contribution in [0.1, 0.15) is 10.4 Å². The fourth-order valence-electron chi connectivity index (χ4n) is 1.85. The van der Waals surface area contributed by atoms with Crippen molar-refractivity contribution in [1.29, 1.82) is 0 Å². The van der Waals surface area contributed by atoms with Crippen LogP contribution in [0.3, 0.4) is 0 Å². The number of thioether (sulfide) groups is 1. The molecule has 0 aliphatic carbocycles. The summed E-state index contributed by atoms with van der Waals surface area (Å²) >= 11 is 0.375. The van der Waals surface area contributed by atoms with E-state index in [-0.39, 0.29) is 5.56 Å². The number of hydrogen-bond acceptors (Lipinski definition) is 3. The van der Waals surface area contributed by atoms with Crippen molar-refractivity contribution in [2.24, 2.45) is 0 Å². The second-order valence-electron chi connectivity index (χ2n) is 4.76. The van der Waals surface area contributed by atoms with Gasteiger partial charge in [0.2, 0.25) is 5.91 Å². The summed E-state index contributed by atoms with van der Waals surface area (Å²) in [5.74, 6) is -5.85. The zero-order valence-corrected chi connectivity index (χ0v) is 13.4. The Morgan fingerprint density at radius 3 is 2.32 bits per heavy atom. The predicted molar refractivity (Wildman–Crippen MR) is 85.6 cm³/mol. The molecule has 0 atom stereocenters. The second-order valence-corrected chi connectivity index (χ2v) is 5.82. The molecular formula is C16H12F4N2O2S. The molecule has 132 valence electrons. The summed E-state index contributed by atoms with van der Waals surface area (Å²) in [6.07, 6.45) is 0. The van der Waals surface area contributed by atoms with E-state index in [1.54, 1.807) is 0 Å². The summed E-state index contributed by atoms with van der Waals surface area (Å²) in [6.45, 7) is -0.441. The zero-order valence-electron chi connectivity index (χ0n) is 12.6. The number of benzene rings is 2. The number of hydrogen-bond donors (Lipinski definition) is 2. The van der Waals surface area contributed by atoms with Gasteiger partial charge < -0.3 is 10.6 Å². The van der Waals surface area contributed by atoms with Gasteiger partial charge in [-0.2, -0.15) is 8.78 Å². The lowest BCUT2D eigenvalue weighted by molar-refractivity contribution is -0.115. The van der Waals surface area contributed by atoms with Crippen molar-refractivity contribution in [3.63, 3.8) is 0 Å². The van der Waals surface area contributed by atoms with Crippen LogP contribution in [0.5, 0.6) is 0 Å². The first-order chi connectivity index (χ1) is 11.8. The average Bonchev–Trinajstić information content (AvgIpc) is 2.54. The van der Waals surface area contributed by atoms with Crippen LogP contribution in [0.2, 0.25) is 0 Å². The van der Waals surface area contributed by atoms with Crippen molar-refractivity contribution in [2.45, 2.75) is 10.7 Å². The number of amides is 2. The maximum atomic E-state index is 13.4. The Kier molecular flexibility index (Phi) is 6.40. The lowest BCUT2D eigenvalue weighted by Gasteiger charge is -2.08. The lowest BCUT2D eigenvalue weighted by Crippen LogP contribution is -2.33. The first-order valence-corrected chi connectivity index (χ1v) is 7.81. The van der Waals surface area contributed by atoms with Gasteiger partial charge in [-0.1, -0.05) is 11.8 Å². The maximum absolute atomic E-state index is 13.4. The van der Waals surface area contributed by atoms with Crippen molar-refractivity contribution >= 4 is 29.3 Å². The summed E-state index contributed by atoms with van der Waals surface area (Å²) in [7, 11) is 0. The van der Waals surface area contributed by atoms with Gasteiger partial charge in [-0.3, -0.25) is 9.59 Å². The van der Waals surface area contributed by atoms with Crippen molar-refractivity contribution < 1.29 is 27.2 Å². The second kappa shape index (κ2) is 8.52. The molecule has 2 amide bonds. The van der Waals surface area contributed by atoms with E-state index in [0.29, 0.717) is 28.4 Å². The largest absolute Gasteiger partial charge is 0.343 e. The van der Waals surface area contributed by atoms with Crippen LogP contribution in [0, 0.1) is 11.6 Å². The highest BCUT2D eigenvalue weighted by atomic mass is 32.2. The summed E-state index contributed by atoms with van der Waals surface area (Å²) in [5, 5.41) is 4.65. The van der Waals surface area contributed by atoms with Crippen LogP contribution in [-0.2, 0) is 4.79 Å². The van der Waals surface area contributed by atoms with E-state index in [9.17, 15) is 27.2 Å². The number of halogens is 4. The first-order valence-electron chi connectivity index (χ1n) is 6.93. The number of carbonyl (C=O) groups is 2. The maximum Gasteiger partial charge on any atom is 0.288 e. The van der Waals surface area contributed by atoms with Crippen LogP contribution < -0.4 is 10.6 Å². The van der Waals surface area contributed by atoms with Crippen LogP contribution in [-0.4, -0.2) is 24.1 Å². The van der Waals surface area contributed by atoms with Crippen LogP contribution in [0.4, 0.5) is 23.2 Å². The lowest BCUT2D eigenvalue weighted by atomic mass is 10.2. The van der Waals surface area contributed by atoms with Crippen LogP contribution >= 0.6 is 11.8 Å². The summed E-state index contributed by atoms with van der Waals surface area (Å²) < 4.78 is 50.6. The van der Waals surface area contributed by atoms with Crippen molar-refractivity contribution in [1.82, 2.24) is 5.32 Å². The molecule has 0 bridgehead atoms. The van der Waals surface area contributed by atoms with Crippen LogP contribution in [0.15, 0.2) is 47.4 Å². The van der Waals surface area contributed by atoms with Crippen molar-refractivity contribution in [3.8, 4) is 0 Å². The first kappa shape index (κ1) is 18.8. The molecule has 25 heavy (non-hydrogen) atoms. The highest BCUT2D eigenvalue weighted by Crippen LogP contribution is 2.26. The van der Waals surface area contributed by atoms with E-state index in [1.165, 1.54) is 24.3 Å². The van der Waals surface area contributed by atoms with E-state index in [1.807, 2.05) is 0 Å². The molecule has 2 N–H and O–H groups in total. The van der Waals surface area contributed by atoms with Crippen molar-refractivity contribution in [3.05, 3.63) is 59.7 Å². The van der Waals surface area contributed by atoms with Gasteiger partial charge in [0.1, 0.15) is 11.6 Å². The number of nitrogens with one attached hydrogen (secondary N) is 2. The quantitative estimate of drug-likeness (QED) is 0.601. The van der Waals surface area contributed by atoms with Gasteiger partial charge in [-0.15, -0.1) is 0 Å². The van der Waals surface area contributed by atoms with Gasteiger partial charge in [-0.05, 0) is 36.4 Å². The Labute approximate surface area is 144 Å². The Morgan fingerprint density at radius 1 is 1.04 bits per heavy atom. The third-order valence-corrected chi connectivity index (χ3v) is 3.67. The monoisotopic (exact) mass is 372 g/mol. The normalized spacial score (nSPS) is 10.6. The van der Waals surface area contributed by atoms with E-state index in [2.05, 4.69) is 10.6 Å². The molecule has 2 aromatic carbocycles. The summed E-state index contributed by atoms with van der Waals surface area (Å²) in [5.41, 5.74) is -0.0339. The SMILES string of the molecule is O=C(CNC(=O)c1ccc(F)cc1F)Nc1ccc(SC(F)F)cc1. The van der Waals surface area contributed by atoms with Gasteiger partial charge in [0.25, 0.3) is 11.7 Å². The molecule has 0 aliphatic rings. The standard InChI is InChI=1S/C16H12F4N2O2S/c17-9-1-6-12(13(18)7-9)15(24)21-8-14(23)22-10-2-4-11(5-3-10)25-16(19)20/h1-7,16H,8H2,(H,21,24)(H,22,23). The smallest absolute Gasteiger partial charge is 0.288 e. The van der Waals surface area contributed by atoms with E-state index >= 15 is 0 Å². The summed E-state index contributed by atoms with van der Waals surface area (Å²) in [6, 6.07) is 8.16. The molecule has 0 saturated carbocycles. The molecule has 4 nitrogen and oxygen atoms in total. The number of alkyl halides is 2. The minimum Gasteiger partial charge on any atom is -0.343 e. The highest BCUT2D eigenvalue weighted by Gasteiger charge is 2.13. The number of carbonyl (C=O) groups excluding carboxylic acids is 2. The third-order valence-electron chi connectivity index (χ3n) is 2.95. The molecule has 0 unspecified atom stereocenters. The molecule has 0 aliphatic heterocycles. The Morgan fingerprint density at radius 2 is 1.72 bits per heavy atom. The van der Waals surface area contributed by atoms with Gasteiger partial charge in [-0.25, -0.2) is 8.78 Å². The third kappa shape index (κ3) is 5.79.